The Balaban J connectivity index is 1.47. The van der Waals surface area contributed by atoms with Crippen LogP contribution < -0.4 is 4.90 Å². The molecule has 0 saturated carbocycles. The fourth-order valence-electron chi connectivity index (χ4n) is 4.76. The molecular weight excluding hydrogens is 427 g/mol. The largest absolute Gasteiger partial charge is 0.375 e. The number of carbonyl (C=O) groups is 2. The number of anilines is 1. The van der Waals surface area contributed by atoms with E-state index in [1.165, 1.54) is 6.07 Å². The lowest BCUT2D eigenvalue weighted by atomic mass is 9.96. The molecule has 1 aliphatic rings. The van der Waals surface area contributed by atoms with Gasteiger partial charge in [0.2, 0.25) is 6.41 Å². The van der Waals surface area contributed by atoms with Gasteiger partial charge in [0.05, 0.1) is 0 Å². The first-order valence-electron chi connectivity index (χ1n) is 12.5. The van der Waals surface area contributed by atoms with Crippen LogP contribution >= 0.6 is 0 Å². The predicted molar refractivity (Wildman–Crippen MR) is 137 cm³/mol. The molecule has 0 spiro atoms. The van der Waals surface area contributed by atoms with E-state index >= 15 is 0 Å². The van der Waals surface area contributed by atoms with Crippen molar-refractivity contribution in [2.24, 2.45) is 0 Å². The summed E-state index contributed by atoms with van der Waals surface area (Å²) in [7, 11) is 0. The summed E-state index contributed by atoms with van der Waals surface area (Å²) in [5.74, 6) is -0.0112. The highest BCUT2D eigenvalue weighted by Gasteiger charge is 2.23. The number of nitrogens with zero attached hydrogens (tertiary/aromatic N) is 2. The van der Waals surface area contributed by atoms with Gasteiger partial charge in [0, 0.05) is 43.0 Å². The molecule has 4 nitrogen and oxygen atoms in total. The molecule has 2 aromatic carbocycles. The molecule has 2 aromatic rings. The second-order valence-corrected chi connectivity index (χ2v) is 9.28. The fraction of sp³-hybridized carbons (Fsp3) is 0.448. The number of ketones is 1. The lowest BCUT2D eigenvalue weighted by molar-refractivity contribution is -0.107. The predicted octanol–water partition coefficient (Wildman–Crippen LogP) is 6.12. The van der Waals surface area contributed by atoms with Crippen molar-refractivity contribution in [1.82, 2.24) is 4.90 Å². The molecule has 0 saturated heterocycles. The molecule has 0 aromatic heterocycles. The minimum atomic E-state index is -0.199. The second-order valence-electron chi connectivity index (χ2n) is 9.28. The van der Waals surface area contributed by atoms with E-state index < -0.39 is 0 Å². The Hall–Kier alpha value is -2.95. The van der Waals surface area contributed by atoms with Gasteiger partial charge in [-0.15, -0.1) is 0 Å². The first-order valence-corrected chi connectivity index (χ1v) is 12.5. The Morgan fingerprint density at radius 1 is 1.15 bits per heavy atom. The van der Waals surface area contributed by atoms with Crippen molar-refractivity contribution in [2.75, 3.05) is 24.5 Å². The number of aryl methyl sites for hydroxylation is 1. The van der Waals surface area contributed by atoms with Gasteiger partial charge in [-0.3, -0.25) is 9.59 Å². The molecule has 3 rings (SSSR count). The average Bonchev–Trinajstić information content (AvgIpc) is 3.24. The molecule has 182 valence electrons. The molecule has 34 heavy (non-hydrogen) atoms. The summed E-state index contributed by atoms with van der Waals surface area (Å²) >= 11 is 0. The zero-order chi connectivity index (χ0) is 24.5. The standard InChI is InChI=1S/C29H37FN2O2/c1-4-9-24-19-26(20-25-14-17-32(21-33)29(24)25)28(34)12-6-5-7-15-31(22(2)3)16-13-23-10-8-11-27(30)18-23/h8,10-11,18-21H,2,4-7,9,12-17H2,1,3H3. The highest BCUT2D eigenvalue weighted by Crippen LogP contribution is 2.33. The molecule has 0 fully saturated rings. The third-order valence-corrected chi connectivity index (χ3v) is 6.58. The molecule has 1 amide bonds. The maximum absolute atomic E-state index is 13.4. The Bertz CT molecular complexity index is 1020. The summed E-state index contributed by atoms with van der Waals surface area (Å²) in [4.78, 5) is 28.3. The Morgan fingerprint density at radius 2 is 1.97 bits per heavy atom. The molecule has 5 heteroatoms. The highest BCUT2D eigenvalue weighted by molar-refractivity contribution is 5.98. The van der Waals surface area contributed by atoms with Crippen LogP contribution in [0.2, 0.25) is 0 Å². The molecule has 0 N–H and O–H groups in total. The minimum absolute atomic E-state index is 0.188. The van der Waals surface area contributed by atoms with Crippen LogP contribution in [0.15, 0.2) is 48.7 Å². The average molecular weight is 465 g/mol. The lowest BCUT2D eigenvalue weighted by Gasteiger charge is -2.25. The molecule has 0 atom stereocenters. The van der Waals surface area contributed by atoms with E-state index in [1.807, 2.05) is 25.1 Å². The van der Waals surface area contributed by atoms with E-state index in [4.69, 9.17) is 0 Å². The summed E-state index contributed by atoms with van der Waals surface area (Å²) in [5, 5.41) is 0. The van der Waals surface area contributed by atoms with E-state index in [9.17, 15) is 14.0 Å². The smallest absolute Gasteiger partial charge is 0.214 e. The van der Waals surface area contributed by atoms with E-state index in [-0.39, 0.29) is 11.6 Å². The van der Waals surface area contributed by atoms with Crippen molar-refractivity contribution in [2.45, 2.75) is 65.2 Å². The van der Waals surface area contributed by atoms with Crippen LogP contribution in [0.5, 0.6) is 0 Å². The number of Topliss-reactive ketones (excluding diaryl/α,β-unsaturated/α-hetero) is 1. The van der Waals surface area contributed by atoms with Crippen LogP contribution in [0.4, 0.5) is 10.1 Å². The van der Waals surface area contributed by atoms with Crippen LogP contribution in [-0.4, -0.2) is 36.7 Å². The van der Waals surface area contributed by atoms with Gasteiger partial charge in [-0.1, -0.05) is 38.5 Å². The van der Waals surface area contributed by atoms with E-state index in [1.54, 1.807) is 17.0 Å². The minimum Gasteiger partial charge on any atom is -0.375 e. The molecular formula is C29H37FN2O2. The second kappa shape index (κ2) is 12.5. The zero-order valence-corrected chi connectivity index (χ0v) is 20.6. The van der Waals surface area contributed by atoms with Crippen molar-refractivity contribution in [3.63, 3.8) is 0 Å². The number of hydrogen-bond acceptors (Lipinski definition) is 3. The van der Waals surface area contributed by atoms with Gasteiger partial charge >= 0.3 is 0 Å². The molecule has 0 unspecified atom stereocenters. The molecule has 1 aliphatic heterocycles. The van der Waals surface area contributed by atoms with Crippen LogP contribution in [0.1, 0.15) is 73.0 Å². The van der Waals surface area contributed by atoms with Crippen LogP contribution in [0.25, 0.3) is 0 Å². The molecule has 0 bridgehead atoms. The third-order valence-electron chi connectivity index (χ3n) is 6.58. The quantitative estimate of drug-likeness (QED) is 0.192. The number of benzene rings is 2. The number of carbonyl (C=O) groups excluding carboxylic acids is 2. The monoisotopic (exact) mass is 464 g/mol. The maximum Gasteiger partial charge on any atom is 0.214 e. The topological polar surface area (TPSA) is 40.6 Å². The number of halogens is 1. The Kier molecular flexibility index (Phi) is 9.43. The zero-order valence-electron chi connectivity index (χ0n) is 20.6. The van der Waals surface area contributed by atoms with E-state index in [0.717, 1.165) is 98.1 Å². The normalized spacial score (nSPS) is 12.5. The first kappa shape index (κ1) is 25.7. The number of hydrogen-bond donors (Lipinski definition) is 0. The van der Waals surface area contributed by atoms with Gasteiger partial charge < -0.3 is 9.80 Å². The maximum atomic E-state index is 13.4. The van der Waals surface area contributed by atoms with E-state index in [2.05, 4.69) is 18.4 Å². The number of unbranched alkanes of at least 4 members (excludes halogenated alkanes) is 2. The number of rotatable bonds is 14. The van der Waals surface area contributed by atoms with Gasteiger partial charge in [-0.25, -0.2) is 4.39 Å². The number of fused-ring (bicyclic) bond motifs is 1. The van der Waals surface area contributed by atoms with Crippen LogP contribution in [-0.2, 0) is 24.1 Å². The van der Waals surface area contributed by atoms with Crippen LogP contribution in [0, 0.1) is 5.82 Å². The molecule has 0 aliphatic carbocycles. The summed E-state index contributed by atoms with van der Waals surface area (Å²) in [6, 6.07) is 10.7. The van der Waals surface area contributed by atoms with Crippen molar-refractivity contribution < 1.29 is 14.0 Å². The summed E-state index contributed by atoms with van der Waals surface area (Å²) in [6.45, 7) is 10.6. The van der Waals surface area contributed by atoms with E-state index in [0.29, 0.717) is 13.0 Å². The lowest BCUT2D eigenvalue weighted by Crippen LogP contribution is -2.25. The molecule has 0 radical (unpaired) electrons. The van der Waals surface area contributed by atoms with Gasteiger partial charge in [0.1, 0.15) is 5.82 Å². The number of amides is 1. The first-order chi connectivity index (χ1) is 16.4. The van der Waals surface area contributed by atoms with Gasteiger partial charge in [0.25, 0.3) is 0 Å². The summed E-state index contributed by atoms with van der Waals surface area (Å²) in [6.07, 6.45) is 7.71. The van der Waals surface area contributed by atoms with Crippen molar-refractivity contribution in [3.8, 4) is 0 Å². The Labute approximate surface area is 203 Å². The van der Waals surface area contributed by atoms with Gasteiger partial charge in [0.15, 0.2) is 5.78 Å². The number of allylic oxidation sites excluding steroid dienone is 1. The van der Waals surface area contributed by atoms with Crippen LogP contribution in [0.3, 0.4) is 0 Å². The van der Waals surface area contributed by atoms with Gasteiger partial charge in [-0.05, 0) is 80.0 Å². The van der Waals surface area contributed by atoms with Gasteiger partial charge in [-0.2, -0.15) is 0 Å². The van der Waals surface area contributed by atoms with Crippen molar-refractivity contribution in [3.05, 3.63) is 76.7 Å². The third kappa shape index (κ3) is 6.78. The Morgan fingerprint density at radius 3 is 2.68 bits per heavy atom. The fourth-order valence-corrected chi connectivity index (χ4v) is 4.76. The highest BCUT2D eigenvalue weighted by atomic mass is 19.1. The summed E-state index contributed by atoms with van der Waals surface area (Å²) in [5.41, 5.74) is 6.05. The molecule has 1 heterocycles. The SMILES string of the molecule is C=C(C)N(CCCCCC(=O)c1cc(CCC)c2c(c1)CCN2C=O)CCc1cccc(F)c1. The van der Waals surface area contributed by atoms with Crippen molar-refractivity contribution >= 4 is 17.9 Å². The summed E-state index contributed by atoms with van der Waals surface area (Å²) < 4.78 is 13.4. The van der Waals surface area contributed by atoms with Crippen molar-refractivity contribution in [1.29, 1.82) is 0 Å².